The summed E-state index contributed by atoms with van der Waals surface area (Å²) >= 11 is 0. The molecule has 0 fully saturated rings. The molecule has 4 nitrogen and oxygen atoms in total. The average molecular weight is 399 g/mol. The van der Waals surface area contributed by atoms with Gasteiger partial charge in [-0.05, 0) is 43.0 Å². The molecule has 0 aliphatic rings. The summed E-state index contributed by atoms with van der Waals surface area (Å²) < 4.78 is 11.6. The van der Waals surface area contributed by atoms with Crippen molar-refractivity contribution in [3.05, 3.63) is 36.7 Å². The van der Waals surface area contributed by atoms with Crippen molar-refractivity contribution in [1.82, 2.24) is 9.97 Å². The first-order valence-electron chi connectivity index (χ1n) is 11.4. The van der Waals surface area contributed by atoms with E-state index in [2.05, 4.69) is 30.7 Å². The molecule has 29 heavy (non-hydrogen) atoms. The summed E-state index contributed by atoms with van der Waals surface area (Å²) in [5, 5.41) is 0. The Kier molecular flexibility index (Phi) is 11.2. The quantitative estimate of drug-likeness (QED) is 0.300. The summed E-state index contributed by atoms with van der Waals surface area (Å²) in [6, 6.07) is 7.99. The Morgan fingerprint density at radius 1 is 0.759 bits per heavy atom. The van der Waals surface area contributed by atoms with Gasteiger partial charge in [0.1, 0.15) is 5.75 Å². The van der Waals surface area contributed by atoms with Crippen LogP contribution in [0.1, 0.15) is 78.6 Å². The van der Waals surface area contributed by atoms with E-state index in [9.17, 15) is 0 Å². The highest BCUT2D eigenvalue weighted by Gasteiger charge is 2.04. The van der Waals surface area contributed by atoms with Crippen LogP contribution in [0, 0.1) is 5.92 Å². The number of hydrogen-bond donors (Lipinski definition) is 0. The highest BCUT2D eigenvalue weighted by atomic mass is 16.5. The van der Waals surface area contributed by atoms with Crippen LogP contribution in [-0.2, 0) is 0 Å². The third kappa shape index (κ3) is 9.29. The van der Waals surface area contributed by atoms with Gasteiger partial charge < -0.3 is 9.47 Å². The molecule has 2 rings (SSSR count). The Bertz CT molecular complexity index is 656. The van der Waals surface area contributed by atoms with Crippen LogP contribution in [-0.4, -0.2) is 23.2 Å². The topological polar surface area (TPSA) is 44.2 Å². The first-order chi connectivity index (χ1) is 14.2. The van der Waals surface area contributed by atoms with Crippen LogP contribution in [0.25, 0.3) is 11.4 Å². The lowest BCUT2D eigenvalue weighted by molar-refractivity contribution is 0.300. The smallest absolute Gasteiger partial charge is 0.159 e. The highest BCUT2D eigenvalue weighted by molar-refractivity contribution is 5.56. The van der Waals surface area contributed by atoms with E-state index in [0.29, 0.717) is 5.82 Å². The van der Waals surface area contributed by atoms with Gasteiger partial charge in [-0.25, -0.2) is 9.97 Å². The van der Waals surface area contributed by atoms with Crippen molar-refractivity contribution in [2.24, 2.45) is 5.92 Å². The standard InChI is InChI=1S/C25H38N2O2/c1-4-6-7-10-17-28-23-15-13-22(14-16-23)25-26-19-24(20-27-25)29-18-11-8-9-12-21(3)5-2/h13-16,19-21H,4-12,17-18H2,1-3H3. The predicted molar refractivity (Wildman–Crippen MR) is 121 cm³/mol. The summed E-state index contributed by atoms with van der Waals surface area (Å²) in [6.07, 6.45) is 14.6. The average Bonchev–Trinajstić information content (AvgIpc) is 2.76. The molecule has 0 bridgehead atoms. The minimum Gasteiger partial charge on any atom is -0.494 e. The van der Waals surface area contributed by atoms with Crippen LogP contribution in [0.5, 0.6) is 11.5 Å². The number of nitrogens with zero attached hydrogens (tertiary/aromatic N) is 2. The van der Waals surface area contributed by atoms with E-state index < -0.39 is 0 Å². The number of unbranched alkanes of at least 4 members (excludes halogenated alkanes) is 5. The maximum absolute atomic E-state index is 5.79. The second-order valence-electron chi connectivity index (χ2n) is 7.89. The molecule has 1 heterocycles. The summed E-state index contributed by atoms with van der Waals surface area (Å²) in [5.74, 6) is 3.19. The predicted octanol–water partition coefficient (Wildman–Crippen LogP) is 7.09. The van der Waals surface area contributed by atoms with E-state index in [1.165, 1.54) is 44.9 Å². The van der Waals surface area contributed by atoms with Crippen molar-refractivity contribution >= 4 is 0 Å². The Hall–Kier alpha value is -2.10. The largest absolute Gasteiger partial charge is 0.494 e. The Morgan fingerprint density at radius 3 is 2.00 bits per heavy atom. The van der Waals surface area contributed by atoms with E-state index >= 15 is 0 Å². The molecular weight excluding hydrogens is 360 g/mol. The summed E-state index contributed by atoms with van der Waals surface area (Å²) in [4.78, 5) is 8.89. The number of benzene rings is 1. The molecule has 2 aromatic rings. The molecule has 0 saturated heterocycles. The molecule has 0 N–H and O–H groups in total. The zero-order valence-corrected chi connectivity index (χ0v) is 18.5. The fraction of sp³-hybridized carbons (Fsp3) is 0.600. The second kappa shape index (κ2) is 14.0. The normalized spacial score (nSPS) is 12.0. The van der Waals surface area contributed by atoms with Crippen molar-refractivity contribution < 1.29 is 9.47 Å². The van der Waals surface area contributed by atoms with E-state index in [1.807, 2.05) is 24.3 Å². The Morgan fingerprint density at radius 2 is 1.38 bits per heavy atom. The molecule has 0 amide bonds. The molecular formula is C25H38N2O2. The lowest BCUT2D eigenvalue weighted by Gasteiger charge is -2.09. The molecule has 160 valence electrons. The van der Waals surface area contributed by atoms with Gasteiger partial charge in [-0.15, -0.1) is 0 Å². The van der Waals surface area contributed by atoms with Gasteiger partial charge in [0.05, 0.1) is 25.6 Å². The van der Waals surface area contributed by atoms with Crippen molar-refractivity contribution in [3.63, 3.8) is 0 Å². The lowest BCUT2D eigenvalue weighted by Crippen LogP contribution is -2.00. The van der Waals surface area contributed by atoms with Crippen molar-refractivity contribution in [1.29, 1.82) is 0 Å². The maximum atomic E-state index is 5.79. The molecule has 1 atom stereocenters. The zero-order chi connectivity index (χ0) is 20.7. The number of ether oxygens (including phenoxy) is 2. The highest BCUT2D eigenvalue weighted by Crippen LogP contribution is 2.21. The molecule has 1 aromatic carbocycles. The zero-order valence-electron chi connectivity index (χ0n) is 18.5. The third-order valence-corrected chi connectivity index (χ3v) is 5.31. The lowest BCUT2D eigenvalue weighted by atomic mass is 10.0. The fourth-order valence-corrected chi connectivity index (χ4v) is 3.12. The van der Waals surface area contributed by atoms with Crippen LogP contribution < -0.4 is 9.47 Å². The molecule has 0 aliphatic heterocycles. The van der Waals surface area contributed by atoms with Gasteiger partial charge in [-0.2, -0.15) is 0 Å². The molecule has 0 radical (unpaired) electrons. The molecule has 4 heteroatoms. The first-order valence-corrected chi connectivity index (χ1v) is 11.4. The van der Waals surface area contributed by atoms with Crippen LogP contribution in [0.15, 0.2) is 36.7 Å². The summed E-state index contributed by atoms with van der Waals surface area (Å²) in [5.41, 5.74) is 0.986. The minimum absolute atomic E-state index is 0.709. The van der Waals surface area contributed by atoms with Gasteiger partial charge in [0.2, 0.25) is 0 Å². The van der Waals surface area contributed by atoms with E-state index in [0.717, 1.165) is 49.0 Å². The third-order valence-electron chi connectivity index (χ3n) is 5.31. The van der Waals surface area contributed by atoms with E-state index in [4.69, 9.17) is 9.47 Å². The molecule has 0 saturated carbocycles. The Labute approximate surface area is 177 Å². The second-order valence-corrected chi connectivity index (χ2v) is 7.89. The van der Waals surface area contributed by atoms with Gasteiger partial charge in [-0.3, -0.25) is 0 Å². The van der Waals surface area contributed by atoms with Gasteiger partial charge in [0.25, 0.3) is 0 Å². The minimum atomic E-state index is 0.709. The van der Waals surface area contributed by atoms with Crippen LogP contribution >= 0.6 is 0 Å². The monoisotopic (exact) mass is 398 g/mol. The van der Waals surface area contributed by atoms with Gasteiger partial charge in [0, 0.05) is 5.56 Å². The maximum Gasteiger partial charge on any atom is 0.159 e. The molecule has 0 spiro atoms. The van der Waals surface area contributed by atoms with E-state index in [-0.39, 0.29) is 0 Å². The SMILES string of the molecule is CCCCCCOc1ccc(-c2ncc(OCCCCCC(C)CC)cn2)cc1. The van der Waals surface area contributed by atoms with Crippen molar-refractivity contribution in [2.75, 3.05) is 13.2 Å². The molecule has 1 unspecified atom stereocenters. The number of rotatable bonds is 15. The Balaban J connectivity index is 1.69. The van der Waals surface area contributed by atoms with E-state index in [1.54, 1.807) is 12.4 Å². The number of aromatic nitrogens is 2. The first kappa shape index (κ1) is 23.2. The van der Waals surface area contributed by atoms with Gasteiger partial charge in [0.15, 0.2) is 11.6 Å². The van der Waals surface area contributed by atoms with Gasteiger partial charge >= 0.3 is 0 Å². The molecule has 0 aliphatic carbocycles. The number of hydrogen-bond acceptors (Lipinski definition) is 4. The van der Waals surface area contributed by atoms with Crippen LogP contribution in [0.3, 0.4) is 0 Å². The van der Waals surface area contributed by atoms with Crippen LogP contribution in [0.2, 0.25) is 0 Å². The summed E-state index contributed by atoms with van der Waals surface area (Å²) in [7, 11) is 0. The van der Waals surface area contributed by atoms with Crippen LogP contribution in [0.4, 0.5) is 0 Å². The van der Waals surface area contributed by atoms with Crippen molar-refractivity contribution in [2.45, 2.75) is 78.6 Å². The summed E-state index contributed by atoms with van der Waals surface area (Å²) in [6.45, 7) is 8.31. The van der Waals surface area contributed by atoms with Crippen molar-refractivity contribution in [3.8, 4) is 22.9 Å². The van der Waals surface area contributed by atoms with Gasteiger partial charge in [-0.1, -0.05) is 65.7 Å². The fourth-order valence-electron chi connectivity index (χ4n) is 3.12. The molecule has 1 aromatic heterocycles.